The van der Waals surface area contributed by atoms with Crippen molar-refractivity contribution in [3.05, 3.63) is 71.0 Å². The summed E-state index contributed by atoms with van der Waals surface area (Å²) in [6.07, 6.45) is 0.386. The second-order valence-corrected chi connectivity index (χ2v) is 7.52. The van der Waals surface area contributed by atoms with Crippen molar-refractivity contribution in [3.8, 4) is 22.5 Å². The SMILES string of the molecule is CCOC(=O)Cn1nc(C)c(C(=O)OC)c1Cc1ccc(-c2ccccc2-c2nn[nH]n2)cc1. The quantitative estimate of drug-likeness (QED) is 0.398. The minimum Gasteiger partial charge on any atom is -0.465 e. The van der Waals surface area contributed by atoms with Crippen LogP contribution in [0.2, 0.25) is 0 Å². The van der Waals surface area contributed by atoms with E-state index in [4.69, 9.17) is 9.47 Å². The molecule has 0 radical (unpaired) electrons. The van der Waals surface area contributed by atoms with E-state index in [9.17, 15) is 9.59 Å². The molecule has 2 heterocycles. The summed E-state index contributed by atoms with van der Waals surface area (Å²) in [7, 11) is 1.32. The van der Waals surface area contributed by atoms with Crippen LogP contribution in [0.1, 0.15) is 34.2 Å². The molecule has 1 N–H and O–H groups in total. The van der Waals surface area contributed by atoms with Crippen molar-refractivity contribution >= 4 is 11.9 Å². The molecule has 0 aliphatic heterocycles. The zero-order chi connectivity index (χ0) is 24.1. The Morgan fingerprint density at radius 3 is 2.44 bits per heavy atom. The monoisotopic (exact) mass is 460 g/mol. The fourth-order valence-electron chi connectivity index (χ4n) is 3.84. The maximum atomic E-state index is 12.4. The smallest absolute Gasteiger partial charge is 0.341 e. The number of carbonyl (C=O) groups is 2. The van der Waals surface area contributed by atoms with E-state index < -0.39 is 11.9 Å². The molecule has 0 aliphatic rings. The molecule has 10 heteroatoms. The van der Waals surface area contributed by atoms with Gasteiger partial charge in [-0.3, -0.25) is 9.48 Å². The van der Waals surface area contributed by atoms with Crippen molar-refractivity contribution in [1.29, 1.82) is 0 Å². The van der Waals surface area contributed by atoms with Crippen molar-refractivity contribution in [1.82, 2.24) is 30.4 Å². The number of hydrogen-bond acceptors (Lipinski definition) is 8. The van der Waals surface area contributed by atoms with Crippen LogP contribution in [0.15, 0.2) is 48.5 Å². The van der Waals surface area contributed by atoms with Crippen LogP contribution in [0.3, 0.4) is 0 Å². The summed E-state index contributed by atoms with van der Waals surface area (Å²) in [5.41, 5.74) is 5.20. The number of carbonyl (C=O) groups excluding carboxylic acids is 2. The van der Waals surface area contributed by atoms with E-state index in [1.54, 1.807) is 13.8 Å². The number of benzene rings is 2. The molecular weight excluding hydrogens is 436 g/mol. The van der Waals surface area contributed by atoms with Crippen LogP contribution in [0, 0.1) is 6.92 Å². The van der Waals surface area contributed by atoms with Gasteiger partial charge in [0.2, 0.25) is 5.82 Å². The van der Waals surface area contributed by atoms with E-state index in [-0.39, 0.29) is 13.2 Å². The number of ether oxygens (including phenoxy) is 2. The van der Waals surface area contributed by atoms with Gasteiger partial charge in [-0.1, -0.05) is 48.5 Å². The number of esters is 2. The molecule has 0 atom stereocenters. The van der Waals surface area contributed by atoms with E-state index in [1.165, 1.54) is 11.8 Å². The number of aromatic amines is 1. The molecule has 4 aromatic rings. The molecule has 2 aromatic heterocycles. The van der Waals surface area contributed by atoms with Gasteiger partial charge in [0.1, 0.15) is 12.1 Å². The molecule has 0 saturated heterocycles. The number of methoxy groups -OCH3 is 1. The molecule has 10 nitrogen and oxygen atoms in total. The van der Waals surface area contributed by atoms with Crippen molar-refractivity contribution in [2.75, 3.05) is 13.7 Å². The van der Waals surface area contributed by atoms with Gasteiger partial charge in [-0.05, 0) is 35.8 Å². The fraction of sp³-hybridized carbons (Fsp3) is 0.250. The predicted molar refractivity (Wildman–Crippen MR) is 123 cm³/mol. The molecule has 0 fully saturated rings. The number of tetrazole rings is 1. The van der Waals surface area contributed by atoms with E-state index in [2.05, 4.69) is 25.7 Å². The maximum Gasteiger partial charge on any atom is 0.341 e. The van der Waals surface area contributed by atoms with Crippen LogP contribution in [0.4, 0.5) is 0 Å². The molecule has 0 unspecified atom stereocenters. The first-order valence-corrected chi connectivity index (χ1v) is 10.7. The molecule has 0 spiro atoms. The zero-order valence-corrected chi connectivity index (χ0v) is 19.1. The Labute approximate surface area is 195 Å². The Balaban J connectivity index is 1.66. The minimum atomic E-state index is -0.492. The lowest BCUT2D eigenvalue weighted by molar-refractivity contribution is -0.144. The molecule has 34 heavy (non-hydrogen) atoms. The van der Waals surface area contributed by atoms with Crippen molar-refractivity contribution < 1.29 is 19.1 Å². The first kappa shape index (κ1) is 22.8. The second kappa shape index (κ2) is 10.1. The minimum absolute atomic E-state index is 0.0861. The summed E-state index contributed by atoms with van der Waals surface area (Å²) in [6, 6.07) is 15.7. The molecule has 0 saturated carbocycles. The van der Waals surface area contributed by atoms with Crippen molar-refractivity contribution in [3.63, 3.8) is 0 Å². The Kier molecular flexibility index (Phi) is 6.77. The van der Waals surface area contributed by atoms with Crippen LogP contribution in [0.25, 0.3) is 22.5 Å². The number of nitrogens with one attached hydrogen (secondary N) is 1. The van der Waals surface area contributed by atoms with Crippen molar-refractivity contribution in [2.45, 2.75) is 26.8 Å². The van der Waals surface area contributed by atoms with Gasteiger partial charge < -0.3 is 9.47 Å². The van der Waals surface area contributed by atoms with E-state index in [0.717, 1.165) is 22.3 Å². The van der Waals surface area contributed by atoms with E-state index in [1.807, 2.05) is 48.5 Å². The van der Waals surface area contributed by atoms with Gasteiger partial charge in [0.25, 0.3) is 0 Å². The van der Waals surface area contributed by atoms with Crippen molar-refractivity contribution in [2.24, 2.45) is 0 Å². The van der Waals surface area contributed by atoms with Gasteiger partial charge in [-0.15, -0.1) is 10.2 Å². The number of aryl methyl sites for hydroxylation is 1. The largest absolute Gasteiger partial charge is 0.465 e. The highest BCUT2D eigenvalue weighted by Gasteiger charge is 2.24. The molecule has 2 aromatic carbocycles. The van der Waals surface area contributed by atoms with E-state index in [0.29, 0.717) is 29.2 Å². The Hall–Kier alpha value is -4.34. The average molecular weight is 460 g/mol. The normalized spacial score (nSPS) is 10.8. The molecular formula is C24H24N6O4. The van der Waals surface area contributed by atoms with Crippen LogP contribution >= 0.6 is 0 Å². The lowest BCUT2D eigenvalue weighted by atomic mass is 9.97. The van der Waals surface area contributed by atoms with Crippen LogP contribution < -0.4 is 0 Å². The van der Waals surface area contributed by atoms with Crippen LogP contribution in [-0.2, 0) is 27.2 Å². The fourth-order valence-corrected chi connectivity index (χ4v) is 3.84. The van der Waals surface area contributed by atoms with Crippen LogP contribution in [-0.4, -0.2) is 56.1 Å². The summed E-state index contributed by atoms with van der Waals surface area (Å²) in [5.74, 6) is -0.398. The zero-order valence-electron chi connectivity index (χ0n) is 19.1. The maximum absolute atomic E-state index is 12.4. The molecule has 0 aliphatic carbocycles. The summed E-state index contributed by atoms with van der Waals surface area (Å²) < 4.78 is 11.5. The molecule has 0 amide bonds. The standard InChI is InChI=1S/C24H24N6O4/c1-4-34-21(31)14-30-20(22(15(2)27-30)24(32)33-3)13-16-9-11-17(12-10-16)18-7-5-6-8-19(18)23-25-28-29-26-23/h5-12H,4,13-14H2,1-3H3,(H,25,26,28,29). The first-order chi connectivity index (χ1) is 16.5. The number of H-pyrrole nitrogens is 1. The van der Waals surface area contributed by atoms with E-state index >= 15 is 0 Å². The Morgan fingerprint density at radius 1 is 1.06 bits per heavy atom. The van der Waals surface area contributed by atoms with Gasteiger partial charge in [0.15, 0.2) is 0 Å². The number of rotatable bonds is 8. The number of nitrogens with zero attached hydrogens (tertiary/aromatic N) is 5. The number of aromatic nitrogens is 6. The highest BCUT2D eigenvalue weighted by atomic mass is 16.5. The van der Waals surface area contributed by atoms with Gasteiger partial charge in [0, 0.05) is 12.0 Å². The average Bonchev–Trinajstić information content (AvgIpc) is 3.48. The third kappa shape index (κ3) is 4.70. The molecule has 0 bridgehead atoms. The summed E-state index contributed by atoms with van der Waals surface area (Å²) in [5, 5.41) is 18.7. The highest BCUT2D eigenvalue weighted by Crippen LogP contribution is 2.30. The third-order valence-corrected chi connectivity index (χ3v) is 5.36. The van der Waals surface area contributed by atoms with Gasteiger partial charge >= 0.3 is 11.9 Å². The lowest BCUT2D eigenvalue weighted by Gasteiger charge is -2.11. The summed E-state index contributed by atoms with van der Waals surface area (Å²) >= 11 is 0. The van der Waals surface area contributed by atoms with Crippen LogP contribution in [0.5, 0.6) is 0 Å². The highest BCUT2D eigenvalue weighted by molar-refractivity contribution is 5.92. The lowest BCUT2D eigenvalue weighted by Crippen LogP contribution is -2.18. The number of hydrogen-bond donors (Lipinski definition) is 1. The summed E-state index contributed by atoms with van der Waals surface area (Å²) in [6.45, 7) is 3.64. The first-order valence-electron chi connectivity index (χ1n) is 10.7. The van der Waals surface area contributed by atoms with Gasteiger partial charge in [0.05, 0.1) is 25.1 Å². The summed E-state index contributed by atoms with van der Waals surface area (Å²) in [4.78, 5) is 24.5. The van der Waals surface area contributed by atoms with Gasteiger partial charge in [-0.2, -0.15) is 10.3 Å². The Bertz CT molecular complexity index is 1300. The second-order valence-electron chi connectivity index (χ2n) is 7.52. The molecule has 4 rings (SSSR count). The van der Waals surface area contributed by atoms with Gasteiger partial charge in [-0.25, -0.2) is 4.79 Å². The Morgan fingerprint density at radius 2 is 1.79 bits per heavy atom. The third-order valence-electron chi connectivity index (χ3n) is 5.36. The predicted octanol–water partition coefficient (Wildman–Crippen LogP) is 2.98. The molecule has 174 valence electrons. The topological polar surface area (TPSA) is 125 Å².